The number of nitrogens with zero attached hydrogens (tertiary/aromatic N) is 3. The van der Waals surface area contributed by atoms with Crippen LogP contribution in [0.25, 0.3) is 0 Å². The third kappa shape index (κ3) is 4.29. The molecule has 2 heterocycles. The fourth-order valence-electron chi connectivity index (χ4n) is 4.66. The van der Waals surface area contributed by atoms with E-state index in [1.54, 1.807) is 17.0 Å². The van der Waals surface area contributed by atoms with Crippen LogP contribution >= 0.6 is 0 Å². The summed E-state index contributed by atoms with van der Waals surface area (Å²) in [6.45, 7) is 0.502. The minimum atomic E-state index is -4.69. The summed E-state index contributed by atoms with van der Waals surface area (Å²) in [5.74, 6) is -1.19. The Kier molecular flexibility index (Phi) is 6.20. The topological polar surface area (TPSA) is 93.0 Å². The fourth-order valence-corrected chi connectivity index (χ4v) is 4.66. The number of ether oxygens (including phenoxy) is 1. The molecule has 0 aliphatic carbocycles. The maximum Gasteiger partial charge on any atom is 0.416 e. The predicted molar refractivity (Wildman–Crippen MR) is 116 cm³/mol. The van der Waals surface area contributed by atoms with Crippen molar-refractivity contribution in [2.45, 2.75) is 31.5 Å². The molecule has 0 aromatic heterocycles. The van der Waals surface area contributed by atoms with E-state index in [9.17, 15) is 32.9 Å². The zero-order chi connectivity index (χ0) is 24.6. The molecule has 0 N–H and O–H groups in total. The average Bonchev–Trinajstić information content (AvgIpc) is 3.22. The van der Waals surface area contributed by atoms with Crippen LogP contribution < -0.4 is 9.80 Å². The van der Waals surface area contributed by atoms with Crippen molar-refractivity contribution in [3.8, 4) is 0 Å². The number of piperidine rings is 1. The molecule has 11 heteroatoms. The first-order valence-electron chi connectivity index (χ1n) is 10.7. The maximum absolute atomic E-state index is 13.4. The number of hydrogen-bond donors (Lipinski definition) is 0. The molecule has 0 radical (unpaired) electrons. The lowest BCUT2D eigenvalue weighted by Crippen LogP contribution is -2.48. The van der Waals surface area contributed by atoms with Gasteiger partial charge in [-0.05, 0) is 36.6 Å². The summed E-state index contributed by atoms with van der Waals surface area (Å²) >= 11 is 0. The lowest BCUT2D eigenvalue weighted by atomic mass is 9.94. The number of hydrogen-bond acceptors (Lipinski definition) is 6. The SMILES string of the molecule is COC(=O)C1Cc2ccccc2N1C(=O)C1CCN(c2ccc(C(F)(F)F)cc2[N+](=O)[O-])CC1. The molecule has 2 aliphatic heterocycles. The van der Waals surface area contributed by atoms with Crippen LogP contribution in [-0.2, 0) is 26.9 Å². The van der Waals surface area contributed by atoms with Gasteiger partial charge in [0.2, 0.25) is 5.91 Å². The second-order valence-corrected chi connectivity index (χ2v) is 8.30. The van der Waals surface area contributed by atoms with E-state index >= 15 is 0 Å². The fraction of sp³-hybridized carbons (Fsp3) is 0.391. The number of anilines is 2. The van der Waals surface area contributed by atoms with Crippen molar-refractivity contribution in [3.05, 3.63) is 63.7 Å². The van der Waals surface area contributed by atoms with Crippen molar-refractivity contribution in [1.82, 2.24) is 0 Å². The largest absolute Gasteiger partial charge is 0.467 e. The van der Waals surface area contributed by atoms with Gasteiger partial charge in [0.25, 0.3) is 5.69 Å². The van der Waals surface area contributed by atoms with Crippen LogP contribution in [0.4, 0.5) is 30.2 Å². The highest BCUT2D eigenvalue weighted by molar-refractivity contribution is 6.03. The van der Waals surface area contributed by atoms with Crippen LogP contribution in [0.15, 0.2) is 42.5 Å². The summed E-state index contributed by atoms with van der Waals surface area (Å²) in [6, 6.07) is 8.94. The highest BCUT2D eigenvalue weighted by atomic mass is 19.4. The standard InChI is InChI=1S/C23H22F3N3O5/c1-34-22(31)20-12-15-4-2-3-5-17(15)28(20)21(30)14-8-10-27(11-9-14)18-7-6-16(23(24,25)26)13-19(18)29(32)33/h2-7,13-14,20H,8-12H2,1H3. The maximum atomic E-state index is 13.4. The van der Waals surface area contributed by atoms with Gasteiger partial charge in [0.15, 0.2) is 0 Å². The van der Waals surface area contributed by atoms with Crippen molar-refractivity contribution < 1.29 is 32.4 Å². The lowest BCUT2D eigenvalue weighted by molar-refractivity contribution is -0.384. The van der Waals surface area contributed by atoms with E-state index in [2.05, 4.69) is 0 Å². The molecular formula is C23H22F3N3O5. The monoisotopic (exact) mass is 477 g/mol. The Hall–Kier alpha value is -3.63. The first-order chi connectivity index (χ1) is 16.1. The quantitative estimate of drug-likeness (QED) is 0.376. The number of alkyl halides is 3. The van der Waals surface area contributed by atoms with Crippen molar-refractivity contribution in [2.75, 3.05) is 30.0 Å². The van der Waals surface area contributed by atoms with Gasteiger partial charge in [-0.25, -0.2) is 4.79 Å². The average molecular weight is 477 g/mol. The van der Waals surface area contributed by atoms with Crippen LogP contribution in [0, 0.1) is 16.0 Å². The molecule has 0 saturated carbocycles. The predicted octanol–water partition coefficient (Wildman–Crippen LogP) is 3.96. The van der Waals surface area contributed by atoms with Gasteiger partial charge >= 0.3 is 12.1 Å². The van der Waals surface area contributed by atoms with E-state index in [0.717, 1.165) is 17.7 Å². The van der Waals surface area contributed by atoms with Crippen molar-refractivity contribution in [3.63, 3.8) is 0 Å². The first-order valence-corrected chi connectivity index (χ1v) is 10.7. The second-order valence-electron chi connectivity index (χ2n) is 8.30. The van der Waals surface area contributed by atoms with Gasteiger partial charge in [-0.15, -0.1) is 0 Å². The molecule has 0 bridgehead atoms. The van der Waals surface area contributed by atoms with Crippen LogP contribution in [0.3, 0.4) is 0 Å². The summed E-state index contributed by atoms with van der Waals surface area (Å²) in [5, 5.41) is 11.4. The van der Waals surface area contributed by atoms with Gasteiger partial charge in [0.05, 0.1) is 17.6 Å². The number of fused-ring (bicyclic) bond motifs is 1. The van der Waals surface area contributed by atoms with E-state index in [1.165, 1.54) is 12.0 Å². The summed E-state index contributed by atoms with van der Waals surface area (Å²) in [4.78, 5) is 39.5. The minimum absolute atomic E-state index is 0.0860. The number of methoxy groups -OCH3 is 1. The number of amides is 1. The number of esters is 1. The molecule has 1 saturated heterocycles. The van der Waals surface area contributed by atoms with Crippen LogP contribution in [-0.4, -0.2) is 43.0 Å². The van der Waals surface area contributed by atoms with Crippen molar-refractivity contribution in [2.24, 2.45) is 5.92 Å². The zero-order valence-corrected chi connectivity index (χ0v) is 18.2. The Morgan fingerprint density at radius 3 is 2.38 bits per heavy atom. The summed E-state index contributed by atoms with van der Waals surface area (Å²) < 4.78 is 43.9. The summed E-state index contributed by atoms with van der Waals surface area (Å²) in [6.07, 6.45) is -3.66. The molecule has 2 aromatic carbocycles. The lowest BCUT2D eigenvalue weighted by Gasteiger charge is -2.35. The Morgan fingerprint density at radius 2 is 1.76 bits per heavy atom. The van der Waals surface area contributed by atoms with Gasteiger partial charge in [0.1, 0.15) is 11.7 Å². The Bertz CT molecular complexity index is 1130. The minimum Gasteiger partial charge on any atom is -0.467 e. The van der Waals surface area contributed by atoms with E-state index in [-0.39, 0.29) is 24.7 Å². The number of benzene rings is 2. The molecule has 2 aliphatic rings. The third-order valence-electron chi connectivity index (χ3n) is 6.37. The number of para-hydroxylation sites is 1. The van der Waals surface area contributed by atoms with E-state index < -0.39 is 40.3 Å². The van der Waals surface area contributed by atoms with Crippen LogP contribution in [0.1, 0.15) is 24.0 Å². The summed E-state index contributed by atoms with van der Waals surface area (Å²) in [5.41, 5.74) is -0.107. The molecule has 8 nitrogen and oxygen atoms in total. The van der Waals surface area contributed by atoms with E-state index in [0.29, 0.717) is 31.0 Å². The Labute approximate surface area is 193 Å². The number of halogens is 3. The molecule has 4 rings (SSSR count). The smallest absolute Gasteiger partial charge is 0.416 e. The van der Waals surface area contributed by atoms with Crippen LogP contribution in [0.5, 0.6) is 0 Å². The van der Waals surface area contributed by atoms with Gasteiger partial charge in [-0.2, -0.15) is 13.2 Å². The van der Waals surface area contributed by atoms with E-state index in [4.69, 9.17) is 4.74 Å². The normalized spacial score (nSPS) is 18.5. The molecule has 180 valence electrons. The van der Waals surface area contributed by atoms with E-state index in [1.807, 2.05) is 12.1 Å². The number of carbonyl (C=O) groups is 2. The molecule has 1 amide bonds. The molecular weight excluding hydrogens is 455 g/mol. The summed E-state index contributed by atoms with van der Waals surface area (Å²) in [7, 11) is 1.27. The van der Waals surface area contributed by atoms with Gasteiger partial charge in [-0.1, -0.05) is 18.2 Å². The Balaban J connectivity index is 1.52. The van der Waals surface area contributed by atoms with Gasteiger partial charge < -0.3 is 9.64 Å². The number of carbonyl (C=O) groups excluding carboxylic acids is 2. The number of nitro benzene ring substituents is 1. The third-order valence-corrected chi connectivity index (χ3v) is 6.37. The number of rotatable bonds is 4. The van der Waals surface area contributed by atoms with Crippen molar-refractivity contribution in [1.29, 1.82) is 0 Å². The van der Waals surface area contributed by atoms with Gasteiger partial charge in [0, 0.05) is 37.2 Å². The second kappa shape index (κ2) is 8.96. The Morgan fingerprint density at radius 1 is 1.09 bits per heavy atom. The van der Waals surface area contributed by atoms with Crippen LogP contribution in [0.2, 0.25) is 0 Å². The molecule has 1 unspecified atom stereocenters. The molecule has 1 atom stereocenters. The highest BCUT2D eigenvalue weighted by Gasteiger charge is 2.42. The van der Waals surface area contributed by atoms with Gasteiger partial charge in [-0.3, -0.25) is 19.8 Å². The zero-order valence-electron chi connectivity index (χ0n) is 18.2. The van der Waals surface area contributed by atoms with Crippen molar-refractivity contribution >= 4 is 28.9 Å². The first kappa shape index (κ1) is 23.5. The number of nitro groups is 1. The molecule has 0 spiro atoms. The molecule has 34 heavy (non-hydrogen) atoms. The molecule has 2 aromatic rings. The molecule has 1 fully saturated rings. The highest BCUT2D eigenvalue weighted by Crippen LogP contribution is 2.39.